The van der Waals surface area contributed by atoms with Crippen molar-refractivity contribution >= 4 is 17.4 Å². The Balaban J connectivity index is 2.25. The summed E-state index contributed by atoms with van der Waals surface area (Å²) in [4.78, 5) is 14.9. The molecule has 0 unspecified atom stereocenters. The van der Waals surface area contributed by atoms with Crippen molar-refractivity contribution in [2.45, 2.75) is 39.4 Å². The number of hydrogen-bond donors (Lipinski definition) is 3. The summed E-state index contributed by atoms with van der Waals surface area (Å²) in [6.45, 7) is 4.31. The number of aliphatic hydroxyl groups excluding tert-OH is 1. The molecule has 1 aromatic heterocycles. The number of nitrogens with one attached hydrogen (secondary N) is 2. The molecule has 0 saturated heterocycles. The molecular weight excluding hydrogens is 319 g/mol. The molecule has 0 aliphatic rings. The van der Waals surface area contributed by atoms with Gasteiger partial charge in [-0.25, -0.2) is 9.78 Å². The van der Waals surface area contributed by atoms with Crippen LogP contribution in [0.25, 0.3) is 0 Å². The molecule has 0 aromatic carbocycles. The fourth-order valence-electron chi connectivity index (χ4n) is 1.59. The number of carbonyl (C=O) groups excluding carboxylic acids is 1. The van der Waals surface area contributed by atoms with Gasteiger partial charge < -0.3 is 15.7 Å². The van der Waals surface area contributed by atoms with Crippen LogP contribution in [0.1, 0.15) is 37.4 Å². The first kappa shape index (κ1) is 18.7. The molecule has 0 aliphatic carbocycles. The van der Waals surface area contributed by atoms with Crippen molar-refractivity contribution < 1.29 is 23.1 Å². The standard InChI is InChI=1S/C13H20F3N3O2S/c1-12(2,8-20)4-3-5-17-11(21)18-6-10-19-9(7-22-10)13(14,15)16/h7,20H,3-6,8H2,1-2H3,(H2,17,18,21). The molecule has 0 spiro atoms. The normalized spacial score (nSPS) is 12.3. The van der Waals surface area contributed by atoms with E-state index in [-0.39, 0.29) is 23.6 Å². The molecule has 2 amide bonds. The van der Waals surface area contributed by atoms with Gasteiger partial charge in [0, 0.05) is 18.5 Å². The average molecular weight is 339 g/mol. The summed E-state index contributed by atoms with van der Waals surface area (Å²) < 4.78 is 37.1. The first-order valence-electron chi connectivity index (χ1n) is 6.78. The zero-order chi connectivity index (χ0) is 16.8. The minimum Gasteiger partial charge on any atom is -0.396 e. The Kier molecular flexibility index (Phi) is 6.61. The van der Waals surface area contributed by atoms with Gasteiger partial charge in [0.2, 0.25) is 0 Å². The minimum absolute atomic E-state index is 0.0469. The zero-order valence-corrected chi connectivity index (χ0v) is 13.3. The third kappa shape index (κ3) is 6.61. The molecule has 0 bridgehead atoms. The van der Waals surface area contributed by atoms with E-state index in [1.165, 1.54) is 0 Å². The molecule has 9 heteroatoms. The Morgan fingerprint density at radius 3 is 2.59 bits per heavy atom. The van der Waals surface area contributed by atoms with Gasteiger partial charge in [0.15, 0.2) is 5.69 Å². The van der Waals surface area contributed by atoms with Crippen LogP contribution in [0.5, 0.6) is 0 Å². The van der Waals surface area contributed by atoms with E-state index in [1.54, 1.807) is 0 Å². The lowest BCUT2D eigenvalue weighted by Gasteiger charge is -2.21. The molecule has 22 heavy (non-hydrogen) atoms. The monoisotopic (exact) mass is 339 g/mol. The number of thiazole rings is 1. The Morgan fingerprint density at radius 2 is 2.05 bits per heavy atom. The van der Waals surface area contributed by atoms with Crippen LogP contribution in [-0.2, 0) is 12.7 Å². The molecule has 1 aromatic rings. The van der Waals surface area contributed by atoms with Crippen LogP contribution in [0.2, 0.25) is 0 Å². The van der Waals surface area contributed by atoms with Gasteiger partial charge in [-0.15, -0.1) is 11.3 Å². The summed E-state index contributed by atoms with van der Waals surface area (Å²) in [6.07, 6.45) is -3.00. The van der Waals surface area contributed by atoms with Crippen molar-refractivity contribution in [3.8, 4) is 0 Å². The summed E-state index contributed by atoms with van der Waals surface area (Å²) in [5.41, 5.74) is -1.13. The first-order valence-corrected chi connectivity index (χ1v) is 7.66. The minimum atomic E-state index is -4.46. The highest BCUT2D eigenvalue weighted by Crippen LogP contribution is 2.29. The van der Waals surface area contributed by atoms with Gasteiger partial charge in [0.1, 0.15) is 5.01 Å². The lowest BCUT2D eigenvalue weighted by molar-refractivity contribution is -0.140. The topological polar surface area (TPSA) is 74.2 Å². The Bertz CT molecular complexity index is 489. The van der Waals surface area contributed by atoms with Crippen LogP contribution >= 0.6 is 11.3 Å². The van der Waals surface area contributed by atoms with Crippen molar-refractivity contribution in [1.29, 1.82) is 0 Å². The van der Waals surface area contributed by atoms with Crippen molar-refractivity contribution in [3.63, 3.8) is 0 Å². The summed E-state index contributed by atoms with van der Waals surface area (Å²) in [6, 6.07) is -0.453. The smallest absolute Gasteiger partial charge is 0.396 e. The second-order valence-corrected chi connectivity index (χ2v) is 6.60. The number of rotatable bonds is 7. The maximum Gasteiger partial charge on any atom is 0.434 e. The first-order chi connectivity index (χ1) is 10.1. The quantitative estimate of drug-likeness (QED) is 0.669. The van der Waals surface area contributed by atoms with Crippen molar-refractivity contribution in [2.24, 2.45) is 5.41 Å². The van der Waals surface area contributed by atoms with E-state index in [0.717, 1.165) is 23.1 Å². The van der Waals surface area contributed by atoms with Gasteiger partial charge in [0.05, 0.1) is 6.54 Å². The predicted octanol–water partition coefficient (Wildman–Crippen LogP) is 2.76. The fourth-order valence-corrected chi connectivity index (χ4v) is 2.33. The van der Waals surface area contributed by atoms with E-state index in [2.05, 4.69) is 15.6 Å². The second kappa shape index (κ2) is 7.77. The fraction of sp³-hybridized carbons (Fsp3) is 0.692. The number of nitrogens with zero attached hydrogens (tertiary/aromatic N) is 1. The number of carbonyl (C=O) groups is 1. The number of amides is 2. The summed E-state index contributed by atoms with van der Waals surface area (Å²) in [7, 11) is 0. The maximum absolute atomic E-state index is 12.4. The molecular formula is C13H20F3N3O2S. The highest BCUT2D eigenvalue weighted by atomic mass is 32.1. The van der Waals surface area contributed by atoms with Crippen molar-refractivity contribution in [3.05, 3.63) is 16.1 Å². The SMILES string of the molecule is CC(C)(CO)CCCNC(=O)NCc1nc(C(F)(F)F)cs1. The van der Waals surface area contributed by atoms with Crippen LogP contribution in [0.15, 0.2) is 5.38 Å². The van der Waals surface area contributed by atoms with Crippen LogP contribution in [0, 0.1) is 5.41 Å². The van der Waals surface area contributed by atoms with Crippen molar-refractivity contribution in [2.75, 3.05) is 13.2 Å². The number of aliphatic hydroxyl groups is 1. The van der Waals surface area contributed by atoms with Crippen LogP contribution in [0.4, 0.5) is 18.0 Å². The van der Waals surface area contributed by atoms with E-state index in [9.17, 15) is 18.0 Å². The summed E-state index contributed by atoms with van der Waals surface area (Å²) in [5.74, 6) is 0. The molecule has 0 saturated carbocycles. The maximum atomic E-state index is 12.4. The van der Waals surface area contributed by atoms with Gasteiger partial charge >= 0.3 is 12.2 Å². The molecule has 0 radical (unpaired) electrons. The van der Waals surface area contributed by atoms with Crippen LogP contribution in [-0.4, -0.2) is 29.3 Å². The Morgan fingerprint density at radius 1 is 1.36 bits per heavy atom. The molecule has 1 rings (SSSR count). The third-order valence-corrected chi connectivity index (χ3v) is 3.84. The zero-order valence-electron chi connectivity index (χ0n) is 12.5. The number of halogens is 3. The van der Waals surface area contributed by atoms with E-state index >= 15 is 0 Å². The van der Waals surface area contributed by atoms with Crippen LogP contribution < -0.4 is 10.6 Å². The number of alkyl halides is 3. The molecule has 0 aliphatic heterocycles. The van der Waals surface area contributed by atoms with Gasteiger partial charge in [-0.1, -0.05) is 13.8 Å². The lowest BCUT2D eigenvalue weighted by Crippen LogP contribution is -2.36. The van der Waals surface area contributed by atoms with Gasteiger partial charge in [-0.3, -0.25) is 0 Å². The second-order valence-electron chi connectivity index (χ2n) is 5.66. The Labute approximate surface area is 130 Å². The van der Waals surface area contributed by atoms with Crippen molar-refractivity contribution in [1.82, 2.24) is 15.6 Å². The predicted molar refractivity (Wildman–Crippen MR) is 77.5 cm³/mol. The highest BCUT2D eigenvalue weighted by molar-refractivity contribution is 7.09. The van der Waals surface area contributed by atoms with Gasteiger partial charge in [-0.05, 0) is 18.3 Å². The van der Waals surface area contributed by atoms with Gasteiger partial charge in [0.25, 0.3) is 0 Å². The number of hydrogen-bond acceptors (Lipinski definition) is 4. The molecule has 126 valence electrons. The summed E-state index contributed by atoms with van der Waals surface area (Å²) in [5, 5.41) is 15.3. The van der Waals surface area contributed by atoms with E-state index in [1.807, 2.05) is 13.8 Å². The van der Waals surface area contributed by atoms with E-state index in [4.69, 9.17) is 5.11 Å². The molecule has 1 heterocycles. The summed E-state index contributed by atoms with van der Waals surface area (Å²) >= 11 is 0.852. The lowest BCUT2D eigenvalue weighted by atomic mass is 9.89. The van der Waals surface area contributed by atoms with Gasteiger partial charge in [-0.2, -0.15) is 13.2 Å². The molecule has 5 nitrogen and oxygen atoms in total. The molecule has 0 atom stereocenters. The van der Waals surface area contributed by atoms with Crippen LogP contribution in [0.3, 0.4) is 0 Å². The average Bonchev–Trinajstić information content (AvgIpc) is 2.90. The van der Waals surface area contributed by atoms with E-state index in [0.29, 0.717) is 13.0 Å². The number of aromatic nitrogens is 1. The van der Waals surface area contributed by atoms with E-state index < -0.39 is 17.9 Å². The molecule has 0 fully saturated rings. The largest absolute Gasteiger partial charge is 0.434 e. The Hall–Kier alpha value is -1.35. The highest BCUT2D eigenvalue weighted by Gasteiger charge is 2.33. The molecule has 3 N–H and O–H groups in total. The number of urea groups is 1. The third-order valence-electron chi connectivity index (χ3n) is 2.99.